The van der Waals surface area contributed by atoms with E-state index in [1.165, 1.54) is 32.1 Å². The van der Waals surface area contributed by atoms with Gasteiger partial charge < -0.3 is 0 Å². The first-order valence-electron chi connectivity index (χ1n) is 5.54. The number of rotatable bonds is 2. The Morgan fingerprint density at radius 2 is 2.00 bits per heavy atom. The van der Waals surface area contributed by atoms with E-state index in [0.717, 1.165) is 5.92 Å². The van der Waals surface area contributed by atoms with Crippen LogP contribution >= 0.6 is 0 Å². The molecule has 0 saturated heterocycles. The van der Waals surface area contributed by atoms with Crippen LogP contribution in [0.2, 0.25) is 0 Å². The average molecular weight is 168 g/mol. The van der Waals surface area contributed by atoms with E-state index < -0.39 is 0 Å². The van der Waals surface area contributed by atoms with Gasteiger partial charge in [-0.15, -0.1) is 0 Å². The molecule has 72 valence electrons. The fourth-order valence-electron chi connectivity index (χ4n) is 1.63. The Hall–Kier alpha value is -0.260. The third-order valence-electron chi connectivity index (χ3n) is 2.65. The number of hydrogen-bond donors (Lipinski definition) is 0. The minimum Gasteiger partial charge on any atom is -0.0851 e. The van der Waals surface area contributed by atoms with Crippen molar-refractivity contribution in [2.75, 3.05) is 0 Å². The van der Waals surface area contributed by atoms with Gasteiger partial charge in [0.1, 0.15) is 0 Å². The Bertz CT molecular complexity index is 122. The van der Waals surface area contributed by atoms with Gasteiger partial charge in [-0.05, 0) is 31.6 Å². The molecule has 12 heavy (non-hydrogen) atoms. The van der Waals surface area contributed by atoms with E-state index in [1.807, 2.05) is 13.8 Å². The van der Waals surface area contributed by atoms with Gasteiger partial charge >= 0.3 is 0 Å². The molecule has 0 aromatic rings. The molecule has 0 N–H and O–H groups in total. The van der Waals surface area contributed by atoms with Crippen molar-refractivity contribution in [3.05, 3.63) is 11.6 Å². The van der Waals surface area contributed by atoms with Crippen molar-refractivity contribution in [3.8, 4) is 0 Å². The summed E-state index contributed by atoms with van der Waals surface area (Å²) in [5, 5.41) is 0. The van der Waals surface area contributed by atoms with Gasteiger partial charge in [0.25, 0.3) is 0 Å². The predicted octanol–water partition coefficient (Wildman–Crippen LogP) is 4.56. The molecular weight excluding hydrogens is 144 g/mol. The van der Waals surface area contributed by atoms with Crippen molar-refractivity contribution in [2.24, 2.45) is 5.92 Å². The summed E-state index contributed by atoms with van der Waals surface area (Å²) in [4.78, 5) is 0. The lowest BCUT2D eigenvalue weighted by molar-refractivity contribution is 0.452. The Morgan fingerprint density at radius 1 is 1.33 bits per heavy atom. The van der Waals surface area contributed by atoms with Crippen molar-refractivity contribution in [2.45, 2.75) is 59.8 Å². The molecule has 0 heterocycles. The van der Waals surface area contributed by atoms with Crippen LogP contribution in [0.3, 0.4) is 0 Å². The maximum atomic E-state index is 2.46. The van der Waals surface area contributed by atoms with Gasteiger partial charge in [0.15, 0.2) is 0 Å². The zero-order chi connectivity index (χ0) is 9.40. The summed E-state index contributed by atoms with van der Waals surface area (Å²) in [5.41, 5.74) is 1.68. The molecule has 0 radical (unpaired) electrons. The molecule has 1 atom stereocenters. The molecule has 0 nitrogen and oxygen atoms in total. The van der Waals surface area contributed by atoms with Crippen LogP contribution in [0.25, 0.3) is 0 Å². The molecule has 0 heteroatoms. The third-order valence-corrected chi connectivity index (χ3v) is 2.65. The van der Waals surface area contributed by atoms with Crippen LogP contribution in [0.15, 0.2) is 11.6 Å². The summed E-state index contributed by atoms with van der Waals surface area (Å²) in [6.07, 6.45) is 9.26. The van der Waals surface area contributed by atoms with Crippen LogP contribution < -0.4 is 0 Å². The van der Waals surface area contributed by atoms with Crippen molar-refractivity contribution in [3.63, 3.8) is 0 Å². The summed E-state index contributed by atoms with van der Waals surface area (Å²) in [6.45, 7) is 8.56. The van der Waals surface area contributed by atoms with Crippen LogP contribution in [0.1, 0.15) is 59.8 Å². The van der Waals surface area contributed by atoms with Crippen molar-refractivity contribution in [1.29, 1.82) is 0 Å². The summed E-state index contributed by atoms with van der Waals surface area (Å²) in [7, 11) is 0. The zero-order valence-corrected chi connectivity index (χ0v) is 9.19. The van der Waals surface area contributed by atoms with Crippen LogP contribution in [0.5, 0.6) is 0 Å². The first kappa shape index (κ1) is 11.7. The quantitative estimate of drug-likeness (QED) is 0.530. The Labute approximate surface area is 78.1 Å². The molecule has 0 amide bonds. The molecule has 0 saturated carbocycles. The van der Waals surface area contributed by atoms with Gasteiger partial charge in [-0.3, -0.25) is 0 Å². The average Bonchev–Trinajstić information content (AvgIpc) is 2.21. The van der Waals surface area contributed by atoms with Crippen LogP contribution in [0, 0.1) is 5.92 Å². The standard InChI is InChI=1S/C10H18.C2H6/c1-3-9-5-7-10(4-2)8-6-9;1-2/h5,10H,3-4,6-8H2,1-2H3;1-2H3. The van der Waals surface area contributed by atoms with Gasteiger partial charge in [-0.2, -0.15) is 0 Å². The molecule has 1 unspecified atom stereocenters. The molecule has 1 rings (SSSR count). The Kier molecular flexibility index (Phi) is 7.23. The van der Waals surface area contributed by atoms with E-state index >= 15 is 0 Å². The molecule has 0 fully saturated rings. The molecule has 1 aliphatic carbocycles. The number of allylic oxidation sites excluding steroid dienone is 2. The van der Waals surface area contributed by atoms with E-state index in [9.17, 15) is 0 Å². The predicted molar refractivity (Wildman–Crippen MR) is 57.4 cm³/mol. The second kappa shape index (κ2) is 7.39. The minimum atomic E-state index is 0.996. The van der Waals surface area contributed by atoms with Gasteiger partial charge in [0, 0.05) is 0 Å². The highest BCUT2D eigenvalue weighted by Crippen LogP contribution is 2.26. The van der Waals surface area contributed by atoms with Crippen molar-refractivity contribution < 1.29 is 0 Å². The molecule has 0 spiro atoms. The zero-order valence-electron chi connectivity index (χ0n) is 9.19. The molecule has 0 aromatic heterocycles. The highest BCUT2D eigenvalue weighted by molar-refractivity contribution is 5.05. The summed E-state index contributed by atoms with van der Waals surface area (Å²) < 4.78 is 0. The summed E-state index contributed by atoms with van der Waals surface area (Å²) >= 11 is 0. The van der Waals surface area contributed by atoms with Crippen molar-refractivity contribution in [1.82, 2.24) is 0 Å². The lowest BCUT2D eigenvalue weighted by Gasteiger charge is -2.19. The monoisotopic (exact) mass is 168 g/mol. The Morgan fingerprint density at radius 3 is 2.33 bits per heavy atom. The molecular formula is C12H24. The lowest BCUT2D eigenvalue weighted by Crippen LogP contribution is -2.03. The third kappa shape index (κ3) is 3.94. The molecule has 1 aliphatic rings. The van der Waals surface area contributed by atoms with Crippen LogP contribution in [-0.4, -0.2) is 0 Å². The van der Waals surface area contributed by atoms with E-state index in [2.05, 4.69) is 19.9 Å². The van der Waals surface area contributed by atoms with Gasteiger partial charge in [-0.25, -0.2) is 0 Å². The first-order valence-corrected chi connectivity index (χ1v) is 5.54. The summed E-state index contributed by atoms with van der Waals surface area (Å²) in [6, 6.07) is 0. The van der Waals surface area contributed by atoms with E-state index in [4.69, 9.17) is 0 Å². The van der Waals surface area contributed by atoms with Crippen molar-refractivity contribution >= 4 is 0 Å². The normalized spacial score (nSPS) is 22.3. The first-order chi connectivity index (χ1) is 5.86. The molecule has 0 bridgehead atoms. The maximum absolute atomic E-state index is 2.46. The van der Waals surface area contributed by atoms with Gasteiger partial charge in [-0.1, -0.05) is 45.8 Å². The lowest BCUT2D eigenvalue weighted by atomic mass is 9.87. The summed E-state index contributed by atoms with van der Waals surface area (Å²) in [5.74, 6) is 0.996. The van der Waals surface area contributed by atoms with Crippen LogP contribution in [-0.2, 0) is 0 Å². The molecule has 0 aromatic carbocycles. The number of hydrogen-bond acceptors (Lipinski definition) is 0. The topological polar surface area (TPSA) is 0 Å². The van der Waals surface area contributed by atoms with Gasteiger partial charge in [0.2, 0.25) is 0 Å². The van der Waals surface area contributed by atoms with E-state index in [1.54, 1.807) is 5.57 Å². The highest BCUT2D eigenvalue weighted by atomic mass is 14.2. The van der Waals surface area contributed by atoms with Crippen LogP contribution in [0.4, 0.5) is 0 Å². The van der Waals surface area contributed by atoms with E-state index in [0.29, 0.717) is 0 Å². The Balaban J connectivity index is 0.000000561. The van der Waals surface area contributed by atoms with Gasteiger partial charge in [0.05, 0.1) is 0 Å². The SMILES string of the molecule is CC.CCC1=CCC(CC)CC1. The second-order valence-corrected chi connectivity index (χ2v) is 3.26. The smallest absolute Gasteiger partial charge is 0.0318 e. The second-order valence-electron chi connectivity index (χ2n) is 3.26. The highest BCUT2D eigenvalue weighted by Gasteiger charge is 2.10. The minimum absolute atomic E-state index is 0.996. The largest absolute Gasteiger partial charge is 0.0851 e. The maximum Gasteiger partial charge on any atom is -0.0318 e. The van der Waals surface area contributed by atoms with E-state index in [-0.39, 0.29) is 0 Å². The fourth-order valence-corrected chi connectivity index (χ4v) is 1.63. The fraction of sp³-hybridized carbons (Fsp3) is 0.833. The molecule has 0 aliphatic heterocycles.